The van der Waals surface area contributed by atoms with Crippen LogP contribution in [0.2, 0.25) is 0 Å². The number of halogens is 1. The van der Waals surface area contributed by atoms with Crippen LogP contribution in [0.25, 0.3) is 0 Å². The molecular weight excluding hydrogens is 305 g/mol. The third-order valence-corrected chi connectivity index (χ3v) is 4.34. The lowest BCUT2D eigenvalue weighted by Crippen LogP contribution is -2.32. The molecule has 1 aliphatic carbocycles. The summed E-state index contributed by atoms with van der Waals surface area (Å²) >= 11 is 0. The van der Waals surface area contributed by atoms with E-state index in [4.69, 9.17) is 4.74 Å². The highest BCUT2D eigenvalue weighted by molar-refractivity contribution is 5.77. The summed E-state index contributed by atoms with van der Waals surface area (Å²) in [7, 11) is 1.64. The van der Waals surface area contributed by atoms with Crippen LogP contribution in [-0.2, 0) is 17.8 Å². The molecule has 0 bridgehead atoms. The fourth-order valence-corrected chi connectivity index (χ4v) is 2.82. The number of methoxy groups -OCH3 is 1. The van der Waals surface area contributed by atoms with Crippen molar-refractivity contribution in [2.45, 2.75) is 38.3 Å². The van der Waals surface area contributed by atoms with E-state index in [1.165, 1.54) is 12.1 Å². The zero-order valence-electron chi connectivity index (χ0n) is 13.9. The minimum atomic E-state index is -0.253. The Hall–Kier alpha value is -2.36. The third-order valence-electron chi connectivity index (χ3n) is 4.34. The van der Waals surface area contributed by atoms with Gasteiger partial charge in [-0.15, -0.1) is 0 Å². The van der Waals surface area contributed by atoms with E-state index in [0.29, 0.717) is 25.4 Å². The Labute approximate surface area is 142 Å². The first-order valence-corrected chi connectivity index (χ1v) is 8.32. The van der Waals surface area contributed by atoms with Crippen LogP contribution >= 0.6 is 0 Å². The largest absolute Gasteiger partial charge is 0.497 e. The fourth-order valence-electron chi connectivity index (χ4n) is 2.82. The molecule has 1 fully saturated rings. The van der Waals surface area contributed by atoms with Gasteiger partial charge in [-0.25, -0.2) is 4.39 Å². The second kappa shape index (κ2) is 7.47. The van der Waals surface area contributed by atoms with E-state index < -0.39 is 0 Å². The van der Waals surface area contributed by atoms with Crippen molar-refractivity contribution in [1.29, 1.82) is 0 Å². The first-order chi connectivity index (χ1) is 11.7. The molecule has 0 aliphatic heterocycles. The maximum atomic E-state index is 13.2. The van der Waals surface area contributed by atoms with E-state index in [-0.39, 0.29) is 11.7 Å². The Bertz CT molecular complexity index is 695. The first kappa shape index (κ1) is 16.5. The van der Waals surface area contributed by atoms with Gasteiger partial charge < -0.3 is 9.64 Å². The number of benzene rings is 2. The van der Waals surface area contributed by atoms with E-state index in [1.54, 1.807) is 13.2 Å². The van der Waals surface area contributed by atoms with Gasteiger partial charge in [0.1, 0.15) is 11.6 Å². The molecule has 0 atom stereocenters. The number of nitrogens with zero attached hydrogens (tertiary/aromatic N) is 1. The molecule has 0 spiro atoms. The van der Waals surface area contributed by atoms with Gasteiger partial charge in [-0.2, -0.15) is 0 Å². The number of hydrogen-bond acceptors (Lipinski definition) is 2. The van der Waals surface area contributed by atoms with Gasteiger partial charge in [-0.3, -0.25) is 4.79 Å². The second-order valence-electron chi connectivity index (χ2n) is 6.23. The number of amides is 1. The number of carbonyl (C=O) groups excluding carboxylic acids is 1. The van der Waals surface area contributed by atoms with E-state index in [1.807, 2.05) is 35.2 Å². The van der Waals surface area contributed by atoms with Crippen molar-refractivity contribution in [3.05, 3.63) is 65.5 Å². The molecule has 1 aliphatic rings. The first-order valence-electron chi connectivity index (χ1n) is 8.32. The van der Waals surface area contributed by atoms with Crippen LogP contribution in [0.5, 0.6) is 5.75 Å². The Morgan fingerprint density at radius 3 is 2.54 bits per heavy atom. The van der Waals surface area contributed by atoms with Gasteiger partial charge in [0.15, 0.2) is 0 Å². The topological polar surface area (TPSA) is 29.5 Å². The Morgan fingerprint density at radius 1 is 1.17 bits per heavy atom. The summed E-state index contributed by atoms with van der Waals surface area (Å²) in [6, 6.07) is 14.6. The molecule has 0 heterocycles. The summed E-state index contributed by atoms with van der Waals surface area (Å²) < 4.78 is 18.4. The molecule has 3 rings (SSSR count). The smallest absolute Gasteiger partial charge is 0.223 e. The van der Waals surface area contributed by atoms with Crippen molar-refractivity contribution < 1.29 is 13.9 Å². The van der Waals surface area contributed by atoms with Gasteiger partial charge in [-0.1, -0.05) is 24.3 Å². The van der Waals surface area contributed by atoms with Crippen LogP contribution in [0, 0.1) is 5.82 Å². The van der Waals surface area contributed by atoms with Crippen molar-refractivity contribution in [2.75, 3.05) is 7.11 Å². The molecular formula is C20H22FNO2. The van der Waals surface area contributed by atoms with Crippen LogP contribution in [0.1, 0.15) is 30.4 Å². The summed E-state index contributed by atoms with van der Waals surface area (Å²) in [5, 5.41) is 0. The molecule has 4 heteroatoms. The maximum absolute atomic E-state index is 13.2. The number of ether oxygens (including phenoxy) is 1. The lowest BCUT2D eigenvalue weighted by molar-refractivity contribution is -0.132. The Kier molecular flexibility index (Phi) is 5.14. The van der Waals surface area contributed by atoms with E-state index >= 15 is 0 Å². The minimum absolute atomic E-state index is 0.137. The summed E-state index contributed by atoms with van der Waals surface area (Å²) in [6.07, 6.45) is 3.13. The zero-order chi connectivity index (χ0) is 16.9. The standard InChI is InChI=1S/C20H22FNO2/c1-24-19-10-5-16(6-11-19)14-22(18-8-9-18)20(23)12-7-15-3-2-4-17(21)13-15/h2-6,10-11,13,18H,7-9,12,14H2,1H3. The van der Waals surface area contributed by atoms with Crippen LogP contribution in [-0.4, -0.2) is 24.0 Å². The maximum Gasteiger partial charge on any atom is 0.223 e. The molecule has 0 radical (unpaired) electrons. The summed E-state index contributed by atoms with van der Waals surface area (Å²) in [6.45, 7) is 0.622. The van der Waals surface area contributed by atoms with Gasteiger partial charge in [0.25, 0.3) is 0 Å². The monoisotopic (exact) mass is 327 g/mol. The van der Waals surface area contributed by atoms with Gasteiger partial charge in [0, 0.05) is 19.0 Å². The second-order valence-corrected chi connectivity index (χ2v) is 6.23. The highest BCUT2D eigenvalue weighted by Crippen LogP contribution is 2.29. The number of aryl methyl sites for hydroxylation is 1. The lowest BCUT2D eigenvalue weighted by Gasteiger charge is -2.23. The number of hydrogen-bond donors (Lipinski definition) is 0. The summed E-state index contributed by atoms with van der Waals surface area (Å²) in [5.74, 6) is 0.698. The predicted molar refractivity (Wildman–Crippen MR) is 91.3 cm³/mol. The molecule has 126 valence electrons. The van der Waals surface area contributed by atoms with Gasteiger partial charge >= 0.3 is 0 Å². The molecule has 0 saturated heterocycles. The van der Waals surface area contributed by atoms with Gasteiger partial charge in [0.2, 0.25) is 5.91 Å². The van der Waals surface area contributed by atoms with Crippen molar-refractivity contribution in [3.63, 3.8) is 0 Å². The van der Waals surface area contributed by atoms with E-state index in [2.05, 4.69) is 0 Å². The molecule has 2 aromatic carbocycles. The van der Waals surface area contributed by atoms with Crippen LogP contribution in [0.15, 0.2) is 48.5 Å². The molecule has 3 nitrogen and oxygen atoms in total. The average molecular weight is 327 g/mol. The Balaban J connectivity index is 1.61. The summed E-state index contributed by atoms with van der Waals surface area (Å²) in [4.78, 5) is 14.6. The molecule has 1 saturated carbocycles. The third kappa shape index (κ3) is 4.34. The number of rotatable bonds is 7. The van der Waals surface area contributed by atoms with Gasteiger partial charge in [-0.05, 0) is 54.7 Å². The van der Waals surface area contributed by atoms with Crippen molar-refractivity contribution >= 4 is 5.91 Å². The summed E-state index contributed by atoms with van der Waals surface area (Å²) in [5.41, 5.74) is 1.96. The normalized spacial score (nSPS) is 13.6. The minimum Gasteiger partial charge on any atom is -0.497 e. The molecule has 2 aromatic rings. The van der Waals surface area contributed by atoms with E-state index in [0.717, 1.165) is 29.7 Å². The van der Waals surface area contributed by atoms with Crippen molar-refractivity contribution in [2.24, 2.45) is 0 Å². The quantitative estimate of drug-likeness (QED) is 0.770. The van der Waals surface area contributed by atoms with Crippen LogP contribution in [0.3, 0.4) is 0 Å². The zero-order valence-corrected chi connectivity index (χ0v) is 13.9. The van der Waals surface area contributed by atoms with Crippen molar-refractivity contribution in [3.8, 4) is 5.75 Å². The van der Waals surface area contributed by atoms with Crippen LogP contribution in [0.4, 0.5) is 4.39 Å². The molecule has 0 N–H and O–H groups in total. The molecule has 0 unspecified atom stereocenters. The fraction of sp³-hybridized carbons (Fsp3) is 0.350. The highest BCUT2D eigenvalue weighted by Gasteiger charge is 2.32. The molecule has 1 amide bonds. The van der Waals surface area contributed by atoms with Crippen molar-refractivity contribution in [1.82, 2.24) is 4.90 Å². The van der Waals surface area contributed by atoms with E-state index in [9.17, 15) is 9.18 Å². The average Bonchev–Trinajstić information content (AvgIpc) is 3.43. The Morgan fingerprint density at radius 2 is 1.92 bits per heavy atom. The van der Waals surface area contributed by atoms with Gasteiger partial charge in [0.05, 0.1) is 7.11 Å². The van der Waals surface area contributed by atoms with Crippen LogP contribution < -0.4 is 4.74 Å². The number of carbonyl (C=O) groups is 1. The lowest BCUT2D eigenvalue weighted by atomic mass is 10.1. The highest BCUT2D eigenvalue weighted by atomic mass is 19.1. The predicted octanol–water partition coefficient (Wildman–Crippen LogP) is 3.96. The molecule has 0 aromatic heterocycles. The SMILES string of the molecule is COc1ccc(CN(C(=O)CCc2cccc(F)c2)C2CC2)cc1. The molecule has 24 heavy (non-hydrogen) atoms.